The van der Waals surface area contributed by atoms with E-state index in [-0.39, 0.29) is 18.4 Å². The van der Waals surface area contributed by atoms with Crippen LogP contribution in [0.3, 0.4) is 0 Å². The van der Waals surface area contributed by atoms with Crippen LogP contribution in [-0.4, -0.2) is 101 Å². The van der Waals surface area contributed by atoms with Crippen LogP contribution in [-0.2, 0) is 27.5 Å². The van der Waals surface area contributed by atoms with Crippen molar-refractivity contribution in [2.24, 2.45) is 0 Å². The molecule has 2 fully saturated rings. The maximum absolute atomic E-state index is 13.2. The SMILES string of the molecule is COCc1c(-c2cc3cc(C)cc(OC)c3s2)c2c(N)ncnn2c1CN1CCN(CN2CCNC(=O)C2)C(=O)C1. The zero-order chi connectivity index (χ0) is 28.7. The second-order valence-corrected chi connectivity index (χ2v) is 11.6. The standard InChI is InChI=1S/C28H34N8O4S/c1-17-8-18-10-22(41-27(18)21(9-17)40-3)25-19(14-39-2)20(36-26(25)28(29)31-15-32-36)11-33-6-7-35(24(38)13-33)16-34-5-4-30-23(37)12-34/h8-10,15H,4-7,11-14,16H2,1-3H3,(H,30,37)(H2,29,31,32). The molecular formula is C28H34N8O4S. The molecule has 0 saturated carbocycles. The number of methoxy groups -OCH3 is 2. The van der Waals surface area contributed by atoms with Crippen LogP contribution in [0, 0.1) is 6.92 Å². The number of aromatic nitrogens is 3. The number of hydrogen-bond donors (Lipinski definition) is 2. The van der Waals surface area contributed by atoms with Crippen LogP contribution in [0.1, 0.15) is 16.8 Å². The normalized spacial score (nSPS) is 17.1. The average Bonchev–Trinajstić information content (AvgIpc) is 3.50. The van der Waals surface area contributed by atoms with Gasteiger partial charge in [0.25, 0.3) is 0 Å². The third kappa shape index (κ3) is 5.21. The molecule has 0 spiro atoms. The van der Waals surface area contributed by atoms with Crippen molar-refractivity contribution in [1.29, 1.82) is 0 Å². The van der Waals surface area contributed by atoms with E-state index in [4.69, 9.17) is 15.2 Å². The Kier molecular flexibility index (Phi) is 7.51. The van der Waals surface area contributed by atoms with Gasteiger partial charge in [-0.1, -0.05) is 6.07 Å². The molecule has 3 N–H and O–H groups in total. The fraction of sp³-hybridized carbons (Fsp3) is 0.429. The van der Waals surface area contributed by atoms with E-state index < -0.39 is 0 Å². The van der Waals surface area contributed by atoms with Crippen molar-refractivity contribution in [3.05, 3.63) is 41.3 Å². The minimum Gasteiger partial charge on any atom is -0.495 e. The van der Waals surface area contributed by atoms with Crippen molar-refractivity contribution >= 4 is 44.6 Å². The first-order chi connectivity index (χ1) is 19.9. The van der Waals surface area contributed by atoms with E-state index in [2.05, 4.69) is 39.4 Å². The molecular weight excluding hydrogens is 544 g/mol. The van der Waals surface area contributed by atoms with Crippen molar-refractivity contribution in [3.63, 3.8) is 0 Å². The van der Waals surface area contributed by atoms with E-state index in [1.165, 1.54) is 6.33 Å². The number of nitrogens with two attached hydrogens (primary N) is 1. The fourth-order valence-corrected chi connectivity index (χ4v) is 7.00. The van der Waals surface area contributed by atoms with Gasteiger partial charge in [-0.05, 0) is 30.0 Å². The van der Waals surface area contributed by atoms with Crippen LogP contribution >= 0.6 is 11.3 Å². The molecule has 5 heterocycles. The molecule has 2 amide bonds. The molecule has 1 aromatic carbocycles. The molecule has 2 aliphatic heterocycles. The molecule has 0 bridgehead atoms. The van der Waals surface area contributed by atoms with Gasteiger partial charge in [-0.2, -0.15) is 5.10 Å². The first-order valence-electron chi connectivity index (χ1n) is 13.6. The second-order valence-electron chi connectivity index (χ2n) is 10.5. The first kappa shape index (κ1) is 27.4. The van der Waals surface area contributed by atoms with Crippen molar-refractivity contribution in [2.75, 3.05) is 65.9 Å². The van der Waals surface area contributed by atoms with Crippen LogP contribution in [0.4, 0.5) is 5.82 Å². The van der Waals surface area contributed by atoms with E-state index in [1.54, 1.807) is 25.6 Å². The number of hydrogen-bond acceptors (Lipinski definition) is 10. The Bertz CT molecular complexity index is 1630. The van der Waals surface area contributed by atoms with Crippen molar-refractivity contribution in [3.8, 4) is 16.2 Å². The summed E-state index contributed by atoms with van der Waals surface area (Å²) in [6.07, 6.45) is 1.46. The zero-order valence-corrected chi connectivity index (χ0v) is 24.3. The van der Waals surface area contributed by atoms with Gasteiger partial charge < -0.3 is 25.4 Å². The summed E-state index contributed by atoms with van der Waals surface area (Å²) in [6.45, 7) is 6.58. The van der Waals surface area contributed by atoms with E-state index in [0.717, 1.165) is 55.2 Å². The minimum atomic E-state index is -0.00241. The number of fused-ring (bicyclic) bond motifs is 2. The van der Waals surface area contributed by atoms with Crippen molar-refractivity contribution < 1.29 is 19.1 Å². The maximum atomic E-state index is 13.2. The van der Waals surface area contributed by atoms with Gasteiger partial charge in [0.2, 0.25) is 11.8 Å². The van der Waals surface area contributed by atoms with Crippen LogP contribution in [0.15, 0.2) is 24.5 Å². The van der Waals surface area contributed by atoms with Crippen LogP contribution in [0.5, 0.6) is 5.75 Å². The third-order valence-electron chi connectivity index (χ3n) is 7.70. The highest BCUT2D eigenvalue weighted by Gasteiger charge is 2.30. The summed E-state index contributed by atoms with van der Waals surface area (Å²) in [4.78, 5) is 36.2. The number of rotatable bonds is 8. The maximum Gasteiger partial charge on any atom is 0.237 e. The molecule has 12 nitrogen and oxygen atoms in total. The number of anilines is 1. The molecule has 2 aliphatic rings. The molecule has 4 aromatic rings. The molecule has 0 aliphatic carbocycles. The molecule has 0 atom stereocenters. The number of amides is 2. The highest BCUT2D eigenvalue weighted by atomic mass is 32.1. The van der Waals surface area contributed by atoms with E-state index in [9.17, 15) is 9.59 Å². The Balaban J connectivity index is 1.34. The molecule has 6 rings (SSSR count). The number of ether oxygens (including phenoxy) is 2. The van der Waals surface area contributed by atoms with Gasteiger partial charge in [0.15, 0.2) is 5.82 Å². The number of carbonyl (C=O) groups is 2. The summed E-state index contributed by atoms with van der Waals surface area (Å²) in [6, 6.07) is 6.34. The largest absolute Gasteiger partial charge is 0.495 e. The lowest BCUT2D eigenvalue weighted by Crippen LogP contribution is -2.56. The molecule has 41 heavy (non-hydrogen) atoms. The van der Waals surface area contributed by atoms with E-state index >= 15 is 0 Å². The summed E-state index contributed by atoms with van der Waals surface area (Å²) >= 11 is 1.64. The van der Waals surface area contributed by atoms with Crippen molar-refractivity contribution in [2.45, 2.75) is 20.1 Å². The van der Waals surface area contributed by atoms with Gasteiger partial charge in [0.1, 0.15) is 17.6 Å². The third-order valence-corrected chi connectivity index (χ3v) is 8.88. The lowest BCUT2D eigenvalue weighted by atomic mass is 10.1. The number of thiophene rings is 1. The first-order valence-corrected chi connectivity index (χ1v) is 14.4. The smallest absolute Gasteiger partial charge is 0.237 e. The number of piperazine rings is 2. The van der Waals surface area contributed by atoms with Crippen molar-refractivity contribution in [1.82, 2.24) is 34.6 Å². The van der Waals surface area contributed by atoms with E-state index in [1.807, 2.05) is 20.4 Å². The fourth-order valence-electron chi connectivity index (χ4n) is 5.79. The summed E-state index contributed by atoms with van der Waals surface area (Å²) in [7, 11) is 3.36. The predicted octanol–water partition coefficient (Wildman–Crippen LogP) is 1.69. The molecule has 13 heteroatoms. The Hall–Kier alpha value is -3.78. The van der Waals surface area contributed by atoms with Gasteiger partial charge in [-0.3, -0.25) is 19.4 Å². The topological polar surface area (TPSA) is 131 Å². The average molecular weight is 579 g/mol. The Labute approximate surface area is 241 Å². The van der Waals surface area contributed by atoms with E-state index in [0.29, 0.717) is 51.8 Å². The van der Waals surface area contributed by atoms with Gasteiger partial charge in [-0.15, -0.1) is 11.3 Å². The summed E-state index contributed by atoms with van der Waals surface area (Å²) in [5.41, 5.74) is 11.1. The minimum absolute atomic E-state index is 0.00241. The molecule has 3 aromatic heterocycles. The van der Waals surface area contributed by atoms with Crippen LogP contribution in [0.2, 0.25) is 0 Å². The Morgan fingerprint density at radius 3 is 2.71 bits per heavy atom. The number of benzene rings is 1. The Morgan fingerprint density at radius 1 is 1.10 bits per heavy atom. The van der Waals surface area contributed by atoms with Gasteiger partial charge >= 0.3 is 0 Å². The predicted molar refractivity (Wildman–Crippen MR) is 157 cm³/mol. The van der Waals surface area contributed by atoms with Gasteiger partial charge in [-0.25, -0.2) is 9.50 Å². The molecule has 0 radical (unpaired) electrons. The summed E-state index contributed by atoms with van der Waals surface area (Å²) in [5.74, 6) is 1.25. The monoisotopic (exact) mass is 578 g/mol. The van der Waals surface area contributed by atoms with Gasteiger partial charge in [0, 0.05) is 55.8 Å². The lowest BCUT2D eigenvalue weighted by molar-refractivity contribution is -0.140. The van der Waals surface area contributed by atoms with Gasteiger partial charge in [0.05, 0.1) is 43.9 Å². The number of nitrogen functional groups attached to an aromatic ring is 1. The molecule has 216 valence electrons. The lowest BCUT2D eigenvalue weighted by Gasteiger charge is -2.38. The van der Waals surface area contributed by atoms with Crippen LogP contribution in [0.25, 0.3) is 26.0 Å². The number of carbonyl (C=O) groups excluding carboxylic acids is 2. The highest BCUT2D eigenvalue weighted by Crippen LogP contribution is 2.44. The zero-order valence-electron chi connectivity index (χ0n) is 23.5. The highest BCUT2D eigenvalue weighted by molar-refractivity contribution is 7.22. The number of nitrogens with one attached hydrogen (secondary N) is 1. The summed E-state index contributed by atoms with van der Waals surface area (Å²) in [5, 5.41) is 8.52. The Morgan fingerprint density at radius 2 is 1.95 bits per heavy atom. The number of nitrogens with zero attached hydrogens (tertiary/aromatic N) is 6. The molecule has 0 unspecified atom stereocenters. The number of aryl methyl sites for hydroxylation is 1. The quantitative estimate of drug-likeness (QED) is 0.321. The molecule has 2 saturated heterocycles. The second kappa shape index (κ2) is 11.2. The summed E-state index contributed by atoms with van der Waals surface area (Å²) < 4.78 is 14.3. The van der Waals surface area contributed by atoms with Crippen LogP contribution < -0.4 is 15.8 Å².